The lowest BCUT2D eigenvalue weighted by Gasteiger charge is -2.40. The fourth-order valence-electron chi connectivity index (χ4n) is 3.89. The molecule has 0 aromatic carbocycles. The smallest absolute Gasteiger partial charge is 0.308 e. The van der Waals surface area contributed by atoms with Gasteiger partial charge in [0.1, 0.15) is 5.60 Å². The summed E-state index contributed by atoms with van der Waals surface area (Å²) in [7, 11) is 0. The first-order valence-electron chi connectivity index (χ1n) is 11.2. The molecule has 0 bridgehead atoms. The normalized spacial score (nSPS) is 18.0. The van der Waals surface area contributed by atoms with Crippen molar-refractivity contribution in [3.8, 4) is 0 Å². The molecule has 3 aliphatic heterocycles. The SMILES string of the molecule is CC(C)(C)OC(=O)CCOCC(CN1C(=O)C=CC1=O)(CN1C(=O)C=CC1=O)CN1C(=O)C=CC1=O. The summed E-state index contributed by atoms with van der Waals surface area (Å²) in [6.45, 7) is 3.62. The van der Waals surface area contributed by atoms with E-state index in [-0.39, 0.29) is 39.3 Å². The highest BCUT2D eigenvalue weighted by molar-refractivity contribution is 6.14. The van der Waals surface area contributed by atoms with Crippen molar-refractivity contribution in [2.45, 2.75) is 32.8 Å². The topological polar surface area (TPSA) is 148 Å². The number of esters is 1. The molecule has 0 N–H and O–H groups in total. The van der Waals surface area contributed by atoms with Crippen LogP contribution in [0.15, 0.2) is 36.5 Å². The molecule has 3 aliphatic rings. The number of carbonyl (C=O) groups is 7. The van der Waals surface area contributed by atoms with Gasteiger partial charge in [-0.1, -0.05) is 0 Å². The zero-order chi connectivity index (χ0) is 26.7. The van der Waals surface area contributed by atoms with Gasteiger partial charge in [0.2, 0.25) is 0 Å². The number of rotatable bonds is 11. The predicted octanol–water partition coefficient (Wildman–Crippen LogP) is -0.504. The molecule has 0 saturated heterocycles. The van der Waals surface area contributed by atoms with Gasteiger partial charge in [0.05, 0.1) is 19.6 Å². The molecule has 6 amide bonds. The van der Waals surface area contributed by atoms with Crippen LogP contribution in [0, 0.1) is 5.41 Å². The Bertz CT molecular complexity index is 935. The average molecular weight is 501 g/mol. The molecule has 0 radical (unpaired) electrons. The third kappa shape index (κ3) is 6.39. The molecule has 36 heavy (non-hydrogen) atoms. The molecule has 0 aliphatic carbocycles. The minimum Gasteiger partial charge on any atom is -0.460 e. The number of nitrogens with zero attached hydrogens (tertiary/aromatic N) is 3. The van der Waals surface area contributed by atoms with E-state index < -0.39 is 52.4 Å². The summed E-state index contributed by atoms with van der Waals surface area (Å²) in [6, 6.07) is 0. The largest absolute Gasteiger partial charge is 0.460 e. The lowest BCUT2D eigenvalue weighted by atomic mass is 9.86. The van der Waals surface area contributed by atoms with E-state index in [9.17, 15) is 33.6 Å². The fourth-order valence-corrected chi connectivity index (χ4v) is 3.89. The van der Waals surface area contributed by atoms with Gasteiger partial charge in [0.15, 0.2) is 0 Å². The molecule has 192 valence electrons. The molecular weight excluding hydrogens is 474 g/mol. The van der Waals surface area contributed by atoms with Crippen LogP contribution in [-0.4, -0.2) is 94.6 Å². The van der Waals surface area contributed by atoms with Gasteiger partial charge in [-0.2, -0.15) is 0 Å². The maximum atomic E-state index is 12.3. The maximum Gasteiger partial charge on any atom is 0.308 e. The van der Waals surface area contributed by atoms with Gasteiger partial charge in [0.25, 0.3) is 35.4 Å². The van der Waals surface area contributed by atoms with E-state index >= 15 is 0 Å². The van der Waals surface area contributed by atoms with Crippen LogP contribution in [0.4, 0.5) is 0 Å². The van der Waals surface area contributed by atoms with Crippen molar-refractivity contribution in [2.75, 3.05) is 32.8 Å². The van der Waals surface area contributed by atoms with Crippen molar-refractivity contribution < 1.29 is 43.0 Å². The molecule has 3 heterocycles. The van der Waals surface area contributed by atoms with Crippen molar-refractivity contribution in [1.82, 2.24) is 14.7 Å². The average Bonchev–Trinajstić information content (AvgIpc) is 3.38. The van der Waals surface area contributed by atoms with E-state index in [0.29, 0.717) is 0 Å². The number of hydrogen-bond donors (Lipinski definition) is 0. The summed E-state index contributed by atoms with van der Waals surface area (Å²) >= 11 is 0. The third-order valence-electron chi connectivity index (χ3n) is 5.46. The lowest BCUT2D eigenvalue weighted by Crippen LogP contribution is -2.57. The number of hydrogen-bond acceptors (Lipinski definition) is 9. The summed E-state index contributed by atoms with van der Waals surface area (Å²) < 4.78 is 11.0. The van der Waals surface area contributed by atoms with Crippen LogP contribution in [0.25, 0.3) is 0 Å². The summed E-state index contributed by atoms with van der Waals surface area (Å²) in [5, 5.41) is 0. The second-order valence-corrected chi connectivity index (χ2v) is 9.68. The molecule has 0 saturated carbocycles. The van der Waals surface area contributed by atoms with Crippen molar-refractivity contribution in [3.63, 3.8) is 0 Å². The van der Waals surface area contributed by atoms with Crippen LogP contribution in [0.2, 0.25) is 0 Å². The monoisotopic (exact) mass is 501 g/mol. The number of imide groups is 3. The second-order valence-electron chi connectivity index (χ2n) is 9.68. The number of carbonyl (C=O) groups excluding carboxylic acids is 7. The van der Waals surface area contributed by atoms with Gasteiger partial charge in [-0.15, -0.1) is 0 Å². The van der Waals surface area contributed by atoms with Crippen LogP contribution in [0.5, 0.6) is 0 Å². The van der Waals surface area contributed by atoms with Crippen LogP contribution in [0.1, 0.15) is 27.2 Å². The van der Waals surface area contributed by atoms with Crippen molar-refractivity contribution >= 4 is 41.4 Å². The molecule has 0 unspecified atom stereocenters. The van der Waals surface area contributed by atoms with E-state index in [0.717, 1.165) is 51.2 Å². The maximum absolute atomic E-state index is 12.3. The van der Waals surface area contributed by atoms with Crippen LogP contribution in [-0.2, 0) is 43.0 Å². The van der Waals surface area contributed by atoms with Gasteiger partial charge in [-0.25, -0.2) is 0 Å². The van der Waals surface area contributed by atoms with Crippen molar-refractivity contribution in [2.24, 2.45) is 5.41 Å². The first-order valence-corrected chi connectivity index (χ1v) is 11.2. The lowest BCUT2D eigenvalue weighted by molar-refractivity contribution is -0.156. The molecule has 12 nitrogen and oxygen atoms in total. The van der Waals surface area contributed by atoms with Gasteiger partial charge < -0.3 is 9.47 Å². The highest BCUT2D eigenvalue weighted by Crippen LogP contribution is 2.28. The Morgan fingerprint density at radius 3 is 1.31 bits per heavy atom. The van der Waals surface area contributed by atoms with Crippen molar-refractivity contribution in [3.05, 3.63) is 36.5 Å². The molecule has 12 heteroatoms. The minimum absolute atomic E-state index is 0.122. The van der Waals surface area contributed by atoms with E-state index in [2.05, 4.69) is 0 Å². The molecule has 0 spiro atoms. The molecular formula is C24H27N3O9. The summed E-state index contributed by atoms with van der Waals surface area (Å²) in [4.78, 5) is 88.8. The van der Waals surface area contributed by atoms with Gasteiger partial charge in [-0.05, 0) is 20.8 Å². The Hall–Kier alpha value is -3.93. The van der Waals surface area contributed by atoms with Crippen molar-refractivity contribution in [1.29, 1.82) is 0 Å². The molecule has 3 rings (SSSR count). The Labute approximate surface area is 207 Å². The zero-order valence-electron chi connectivity index (χ0n) is 20.2. The summed E-state index contributed by atoms with van der Waals surface area (Å²) in [5.41, 5.74) is -2.14. The predicted molar refractivity (Wildman–Crippen MR) is 121 cm³/mol. The highest BCUT2D eigenvalue weighted by atomic mass is 16.6. The van der Waals surface area contributed by atoms with Gasteiger partial charge in [-0.3, -0.25) is 48.3 Å². The minimum atomic E-state index is -1.44. The van der Waals surface area contributed by atoms with Crippen LogP contribution in [0.3, 0.4) is 0 Å². The Morgan fingerprint density at radius 1 is 0.667 bits per heavy atom. The number of ether oxygens (including phenoxy) is 2. The number of amides is 6. The molecule has 0 aromatic rings. The van der Waals surface area contributed by atoms with E-state index in [1.807, 2.05) is 0 Å². The van der Waals surface area contributed by atoms with Gasteiger partial charge >= 0.3 is 5.97 Å². The Balaban J connectivity index is 1.86. The van der Waals surface area contributed by atoms with E-state index in [4.69, 9.17) is 9.47 Å². The van der Waals surface area contributed by atoms with Gasteiger partial charge in [0, 0.05) is 61.5 Å². The zero-order valence-corrected chi connectivity index (χ0v) is 20.2. The second kappa shape index (κ2) is 10.4. The quantitative estimate of drug-likeness (QED) is 0.207. The summed E-state index contributed by atoms with van der Waals surface area (Å²) in [6.07, 6.45) is 6.28. The standard InChI is InChI=1S/C24H27N3O9/c1-23(2,3)36-22(34)10-11-35-15-24(12-25-16(28)4-5-17(25)29,13-26-18(30)6-7-19(26)31)14-27-20(32)8-9-21(27)33/h4-9H,10-15H2,1-3H3. The fraction of sp³-hybridized carbons (Fsp3) is 0.458. The first kappa shape index (κ1) is 26.7. The van der Waals surface area contributed by atoms with E-state index in [1.165, 1.54) is 0 Å². The Morgan fingerprint density at radius 2 is 1.00 bits per heavy atom. The van der Waals surface area contributed by atoms with Crippen LogP contribution < -0.4 is 0 Å². The third-order valence-corrected chi connectivity index (χ3v) is 5.46. The molecule has 0 atom stereocenters. The Kier molecular flexibility index (Phi) is 7.68. The summed E-state index contributed by atoms with van der Waals surface area (Å²) in [5.74, 6) is -4.31. The van der Waals surface area contributed by atoms with E-state index in [1.54, 1.807) is 20.8 Å². The molecule has 0 aromatic heterocycles. The highest BCUT2D eigenvalue weighted by Gasteiger charge is 2.45. The molecule has 0 fully saturated rings. The van der Waals surface area contributed by atoms with Crippen LogP contribution >= 0.6 is 0 Å². The first-order chi connectivity index (χ1) is 16.8.